The van der Waals surface area contributed by atoms with Gasteiger partial charge in [0.2, 0.25) is 5.91 Å². The molecule has 9 heteroatoms. The van der Waals surface area contributed by atoms with Crippen LogP contribution in [0.25, 0.3) is 16.5 Å². The normalized spacial score (nSPS) is 17.6. The Morgan fingerprint density at radius 1 is 1.38 bits per heavy atom. The molecule has 168 valence electrons. The average Bonchev–Trinajstić information content (AvgIpc) is 3.21. The third-order valence-corrected chi connectivity index (χ3v) is 6.11. The van der Waals surface area contributed by atoms with Gasteiger partial charge in [0.1, 0.15) is 5.84 Å². The molecule has 0 atom stereocenters. The number of nitrogens with zero attached hydrogens (tertiary/aromatic N) is 3. The minimum atomic E-state index is -0.488. The number of nitrogens with one attached hydrogen (secondary N) is 2. The predicted octanol–water partition coefficient (Wildman–Crippen LogP) is 1.21. The molecule has 2 aliphatic rings. The quantitative estimate of drug-likeness (QED) is 0.485. The Bertz CT molecular complexity index is 1130. The van der Waals surface area contributed by atoms with Gasteiger partial charge in [0.25, 0.3) is 5.91 Å². The molecule has 5 N–H and O–H groups in total. The number of amidine groups is 1. The van der Waals surface area contributed by atoms with Gasteiger partial charge >= 0.3 is 0 Å². The van der Waals surface area contributed by atoms with E-state index in [2.05, 4.69) is 26.8 Å². The third kappa shape index (κ3) is 3.99. The minimum Gasteiger partial charge on any atom is -0.394 e. The van der Waals surface area contributed by atoms with Gasteiger partial charge in [-0.15, -0.1) is 0 Å². The number of fused-ring (bicyclic) bond motifs is 1. The molecule has 3 heterocycles. The number of aromatic nitrogens is 1. The molecule has 0 saturated carbocycles. The minimum absolute atomic E-state index is 0.0243. The summed E-state index contributed by atoms with van der Waals surface area (Å²) in [4.78, 5) is 35.4. The van der Waals surface area contributed by atoms with Crippen LogP contribution in [0.1, 0.15) is 28.9 Å². The number of carbonyl (C=O) groups excluding carboxylic acids is 2. The number of aliphatic hydroxyl groups excluding tert-OH is 1. The molecule has 32 heavy (non-hydrogen) atoms. The number of anilines is 1. The van der Waals surface area contributed by atoms with E-state index in [4.69, 9.17) is 10.8 Å². The molecule has 0 spiro atoms. The van der Waals surface area contributed by atoms with Gasteiger partial charge in [0.05, 0.1) is 30.3 Å². The number of rotatable bonds is 7. The zero-order valence-electron chi connectivity index (χ0n) is 18.1. The second-order valence-electron chi connectivity index (χ2n) is 8.05. The molecule has 0 radical (unpaired) electrons. The second-order valence-corrected chi connectivity index (χ2v) is 8.05. The van der Waals surface area contributed by atoms with Crippen molar-refractivity contribution in [1.82, 2.24) is 15.2 Å². The fraction of sp³-hybridized carbons (Fsp3) is 0.348. The molecule has 9 nitrogen and oxygen atoms in total. The maximum Gasteiger partial charge on any atom is 0.250 e. The van der Waals surface area contributed by atoms with Gasteiger partial charge in [-0.2, -0.15) is 0 Å². The maximum atomic E-state index is 12.0. The van der Waals surface area contributed by atoms with Crippen molar-refractivity contribution < 1.29 is 14.7 Å². The van der Waals surface area contributed by atoms with Gasteiger partial charge in [-0.25, -0.2) is 0 Å². The van der Waals surface area contributed by atoms with Gasteiger partial charge in [0.15, 0.2) is 0 Å². The van der Waals surface area contributed by atoms with Crippen molar-refractivity contribution >= 4 is 39.8 Å². The zero-order chi connectivity index (χ0) is 22.8. The van der Waals surface area contributed by atoms with Gasteiger partial charge in [-0.3, -0.25) is 14.6 Å². The zero-order valence-corrected chi connectivity index (χ0v) is 18.1. The van der Waals surface area contributed by atoms with Crippen LogP contribution in [-0.2, 0) is 4.79 Å². The number of carbonyl (C=O) groups is 2. The summed E-state index contributed by atoms with van der Waals surface area (Å²) >= 11 is 0. The first-order valence-electron chi connectivity index (χ1n) is 10.6. The van der Waals surface area contributed by atoms with Crippen LogP contribution in [0, 0.1) is 0 Å². The summed E-state index contributed by atoms with van der Waals surface area (Å²) < 4.78 is 0. The molecule has 0 aliphatic carbocycles. The molecule has 2 aromatic rings. The second kappa shape index (κ2) is 8.88. The smallest absolute Gasteiger partial charge is 0.250 e. The van der Waals surface area contributed by atoms with Crippen LogP contribution in [0.2, 0.25) is 0 Å². The largest absolute Gasteiger partial charge is 0.394 e. The standard InChI is InChI=1S/C23H28N6O3/c1-3-21(31)29-12-15(13-29)28(2)19-6-5-16(23(24)32)22-17(19)10-18(27-22)14-4-7-20(26-11-14)25-8-9-30/h3,5-6,10-11,15,27,30H,1,4,7-9,12-13H2,2H3,(H2,24,32)(H,25,26). The van der Waals surface area contributed by atoms with Crippen molar-refractivity contribution in [2.75, 3.05) is 38.2 Å². The van der Waals surface area contributed by atoms with Crippen molar-refractivity contribution in [2.45, 2.75) is 18.9 Å². The Hall–Kier alpha value is -3.59. The van der Waals surface area contributed by atoms with Crippen LogP contribution in [0.3, 0.4) is 0 Å². The Labute approximate surface area is 186 Å². The van der Waals surface area contributed by atoms with Gasteiger partial charge in [-0.05, 0) is 36.3 Å². The number of amides is 2. The molecule has 2 amide bonds. The lowest BCUT2D eigenvalue weighted by atomic mass is 10.0. The topological polar surface area (TPSA) is 127 Å². The van der Waals surface area contributed by atoms with Crippen LogP contribution >= 0.6 is 0 Å². The van der Waals surface area contributed by atoms with Crippen molar-refractivity contribution in [2.24, 2.45) is 10.7 Å². The van der Waals surface area contributed by atoms with E-state index in [0.717, 1.165) is 41.0 Å². The number of aliphatic imine (C=N–C) groups is 1. The number of hydrogen-bond acceptors (Lipinski definition) is 5. The van der Waals surface area contributed by atoms with E-state index >= 15 is 0 Å². The van der Waals surface area contributed by atoms with Gasteiger partial charge in [0, 0.05) is 49.5 Å². The number of H-pyrrole nitrogens is 1. The van der Waals surface area contributed by atoms with Crippen LogP contribution in [-0.4, -0.2) is 72.0 Å². The Balaban J connectivity index is 1.64. The number of allylic oxidation sites excluding steroid dienone is 1. The molecule has 1 aromatic heterocycles. The lowest BCUT2D eigenvalue weighted by Gasteiger charge is -2.44. The van der Waals surface area contributed by atoms with Crippen LogP contribution in [0.5, 0.6) is 0 Å². The molecular formula is C23H28N6O3. The average molecular weight is 437 g/mol. The van der Waals surface area contributed by atoms with Crippen molar-refractivity contribution in [3.8, 4) is 0 Å². The van der Waals surface area contributed by atoms with E-state index in [9.17, 15) is 9.59 Å². The number of likely N-dealkylation sites (N-methyl/N-ethyl adjacent to an activating group) is 1. The predicted molar refractivity (Wildman–Crippen MR) is 126 cm³/mol. The first-order chi connectivity index (χ1) is 15.4. The van der Waals surface area contributed by atoms with Crippen LogP contribution in [0.4, 0.5) is 5.69 Å². The highest BCUT2D eigenvalue weighted by Crippen LogP contribution is 2.35. The maximum absolute atomic E-state index is 12.0. The molecule has 4 rings (SSSR count). The summed E-state index contributed by atoms with van der Waals surface area (Å²) in [6, 6.07) is 5.88. The third-order valence-electron chi connectivity index (χ3n) is 6.11. The Morgan fingerprint density at radius 2 is 2.16 bits per heavy atom. The van der Waals surface area contributed by atoms with Crippen molar-refractivity contribution in [3.63, 3.8) is 0 Å². The number of primary amides is 1. The molecule has 2 aliphatic heterocycles. The Morgan fingerprint density at radius 3 is 2.78 bits per heavy atom. The highest BCUT2D eigenvalue weighted by molar-refractivity contribution is 6.09. The number of aliphatic hydroxyl groups is 1. The summed E-state index contributed by atoms with van der Waals surface area (Å²) in [6.45, 7) is 5.20. The fourth-order valence-corrected chi connectivity index (χ4v) is 4.19. The first kappa shape index (κ1) is 21.6. The van der Waals surface area contributed by atoms with Gasteiger partial charge in [-0.1, -0.05) is 6.58 Å². The van der Waals surface area contributed by atoms with E-state index in [1.807, 2.05) is 25.4 Å². The molecule has 1 aromatic carbocycles. The van der Waals surface area contributed by atoms with E-state index in [1.165, 1.54) is 6.08 Å². The molecule has 1 fully saturated rings. The van der Waals surface area contributed by atoms with E-state index in [0.29, 0.717) is 30.7 Å². The van der Waals surface area contributed by atoms with E-state index < -0.39 is 5.91 Å². The summed E-state index contributed by atoms with van der Waals surface area (Å²) in [5.74, 6) is 0.297. The lowest BCUT2D eigenvalue weighted by molar-refractivity contribution is -0.130. The highest BCUT2D eigenvalue weighted by Gasteiger charge is 2.33. The van der Waals surface area contributed by atoms with Crippen molar-refractivity contribution in [1.29, 1.82) is 0 Å². The van der Waals surface area contributed by atoms with Gasteiger partial charge < -0.3 is 30.9 Å². The Kier molecular flexibility index (Phi) is 6.00. The molecule has 1 saturated heterocycles. The van der Waals surface area contributed by atoms with E-state index in [-0.39, 0.29) is 18.6 Å². The SMILES string of the molecule is C=CC(=O)N1CC(N(C)c2ccc(C(N)=O)c3[nH]c(C4=CNC(=NCCO)CC4)cc23)C1. The lowest BCUT2D eigenvalue weighted by Crippen LogP contribution is -2.60. The van der Waals surface area contributed by atoms with Crippen LogP contribution in [0.15, 0.2) is 42.0 Å². The molecule has 0 unspecified atom stereocenters. The summed E-state index contributed by atoms with van der Waals surface area (Å²) in [7, 11) is 2.00. The van der Waals surface area contributed by atoms with E-state index in [1.54, 1.807) is 11.0 Å². The monoisotopic (exact) mass is 436 g/mol. The highest BCUT2D eigenvalue weighted by atomic mass is 16.3. The fourth-order valence-electron chi connectivity index (χ4n) is 4.19. The first-order valence-corrected chi connectivity index (χ1v) is 10.6. The number of nitrogens with two attached hydrogens (primary N) is 1. The van der Waals surface area contributed by atoms with Crippen molar-refractivity contribution in [3.05, 3.63) is 48.3 Å². The summed E-state index contributed by atoms with van der Waals surface area (Å²) in [5, 5.41) is 13.0. The summed E-state index contributed by atoms with van der Waals surface area (Å²) in [5.41, 5.74) is 9.73. The molecule has 0 bridgehead atoms. The van der Waals surface area contributed by atoms with Crippen LogP contribution < -0.4 is 16.0 Å². The summed E-state index contributed by atoms with van der Waals surface area (Å²) in [6.07, 6.45) is 4.76. The number of likely N-dealkylation sites (tertiary alicyclic amines) is 1. The molecular weight excluding hydrogens is 408 g/mol. The number of benzene rings is 1. The number of aromatic amines is 1. The number of hydrogen-bond donors (Lipinski definition) is 4.